The third-order valence-electron chi connectivity index (χ3n) is 6.25. The van der Waals surface area contributed by atoms with Crippen molar-refractivity contribution in [3.63, 3.8) is 0 Å². The average Bonchev–Trinajstić information content (AvgIpc) is 3.23. The molecule has 214 valence electrons. The fourth-order valence-electron chi connectivity index (χ4n) is 4.55. The van der Waals surface area contributed by atoms with Crippen LogP contribution in [-0.2, 0) is 14.3 Å². The molecule has 0 aromatic heterocycles. The number of ether oxygens (including phenoxy) is 3. The highest BCUT2D eigenvalue weighted by molar-refractivity contribution is 5.79. The molecule has 0 spiro atoms. The van der Waals surface area contributed by atoms with E-state index in [1.54, 1.807) is 20.8 Å². The molecule has 2 amide bonds. The van der Waals surface area contributed by atoms with Gasteiger partial charge in [-0.15, -0.1) is 0 Å². The quantitative estimate of drug-likeness (QED) is 0.203. The van der Waals surface area contributed by atoms with Gasteiger partial charge in [0.15, 0.2) is 0 Å². The fraction of sp³-hybridized carbons (Fsp3) is 0.300. The number of hydrogen-bond acceptors (Lipinski definition) is 8. The molecule has 1 aliphatic carbocycles. The number of amides is 2. The minimum atomic E-state index is -0.873. The molecule has 41 heavy (non-hydrogen) atoms. The highest BCUT2D eigenvalue weighted by Gasteiger charge is 2.30. The number of nitro benzene ring substituents is 1. The molecule has 2 N–H and O–H groups in total. The third kappa shape index (κ3) is 7.81. The molecule has 0 heterocycles. The Labute approximate surface area is 236 Å². The van der Waals surface area contributed by atoms with E-state index in [-0.39, 0.29) is 36.9 Å². The lowest BCUT2D eigenvalue weighted by Crippen LogP contribution is -2.46. The maximum Gasteiger partial charge on any atom is 0.412 e. The zero-order valence-electron chi connectivity index (χ0n) is 22.9. The lowest BCUT2D eigenvalue weighted by molar-refractivity contribution is -0.384. The van der Waals surface area contributed by atoms with Gasteiger partial charge >= 0.3 is 18.2 Å². The smallest absolute Gasteiger partial charge is 0.412 e. The first kappa shape index (κ1) is 29.1. The number of nitrogens with zero attached hydrogens (tertiary/aromatic N) is 1. The van der Waals surface area contributed by atoms with Crippen molar-refractivity contribution in [3.05, 3.63) is 94.0 Å². The van der Waals surface area contributed by atoms with Crippen molar-refractivity contribution in [1.29, 1.82) is 0 Å². The summed E-state index contributed by atoms with van der Waals surface area (Å²) in [5.74, 6) is -0.638. The number of nitrogens with one attached hydrogen (secondary N) is 2. The molecule has 0 fully saturated rings. The predicted octanol–water partition coefficient (Wildman–Crippen LogP) is 5.32. The maximum absolute atomic E-state index is 12.8. The predicted molar refractivity (Wildman–Crippen MR) is 150 cm³/mol. The van der Waals surface area contributed by atoms with E-state index in [9.17, 15) is 24.5 Å². The Morgan fingerprint density at radius 2 is 1.49 bits per heavy atom. The van der Waals surface area contributed by atoms with Gasteiger partial charge in [-0.2, -0.15) is 0 Å². The highest BCUT2D eigenvalue weighted by atomic mass is 16.6. The van der Waals surface area contributed by atoms with Gasteiger partial charge in [-0.1, -0.05) is 48.5 Å². The van der Waals surface area contributed by atoms with Crippen molar-refractivity contribution in [2.24, 2.45) is 0 Å². The van der Waals surface area contributed by atoms with Crippen LogP contribution in [0.25, 0.3) is 11.1 Å². The van der Waals surface area contributed by atoms with E-state index < -0.39 is 34.7 Å². The molecule has 0 radical (unpaired) electrons. The van der Waals surface area contributed by atoms with Crippen LogP contribution in [0.4, 0.5) is 15.3 Å². The lowest BCUT2D eigenvalue weighted by atomic mass is 9.98. The van der Waals surface area contributed by atoms with Gasteiger partial charge in [0.05, 0.1) is 17.4 Å². The first-order valence-electron chi connectivity index (χ1n) is 13.0. The van der Waals surface area contributed by atoms with Gasteiger partial charge < -0.3 is 24.8 Å². The Kier molecular flexibility index (Phi) is 8.86. The van der Waals surface area contributed by atoms with Crippen LogP contribution >= 0.6 is 0 Å². The molecule has 0 saturated heterocycles. The van der Waals surface area contributed by atoms with Crippen LogP contribution in [0.1, 0.15) is 44.2 Å². The fourth-order valence-corrected chi connectivity index (χ4v) is 4.55. The Morgan fingerprint density at radius 3 is 2.05 bits per heavy atom. The molecular weight excluding hydrogens is 530 g/mol. The second-order valence-electron chi connectivity index (χ2n) is 10.5. The summed E-state index contributed by atoms with van der Waals surface area (Å²) in [6.07, 6.45) is -1.87. The standard InChI is InChI=1S/C30H31N3O8/c1-30(2,3)41-27(34)16-19(17-31-28(35)40-21-14-12-20(13-15-21)33(37)38)32-29(36)39-18-26-24-10-6-4-8-22(24)23-9-5-7-11-25(23)26/h4-15,19,26H,16-18H2,1-3H3,(H,31,35)(H,32,36)/t19-/m0/s1. The topological polar surface area (TPSA) is 146 Å². The number of carbonyl (C=O) groups excluding carboxylic acids is 3. The molecular formula is C30H31N3O8. The molecule has 4 rings (SSSR count). The molecule has 11 heteroatoms. The van der Waals surface area contributed by atoms with Crippen LogP contribution in [0, 0.1) is 10.1 Å². The number of hydrogen-bond donors (Lipinski definition) is 2. The number of benzene rings is 3. The largest absolute Gasteiger partial charge is 0.460 e. The summed E-state index contributed by atoms with van der Waals surface area (Å²) in [5, 5.41) is 15.9. The van der Waals surface area contributed by atoms with Gasteiger partial charge in [-0.05, 0) is 55.2 Å². The first-order chi connectivity index (χ1) is 19.5. The zero-order valence-corrected chi connectivity index (χ0v) is 22.9. The molecule has 0 saturated carbocycles. The van der Waals surface area contributed by atoms with Crippen LogP contribution in [0.15, 0.2) is 72.8 Å². The van der Waals surface area contributed by atoms with Gasteiger partial charge in [-0.25, -0.2) is 9.59 Å². The summed E-state index contributed by atoms with van der Waals surface area (Å²) in [6.45, 7) is 5.07. The number of esters is 1. The van der Waals surface area contributed by atoms with Crippen LogP contribution < -0.4 is 15.4 Å². The van der Waals surface area contributed by atoms with Crippen molar-refractivity contribution in [2.75, 3.05) is 13.2 Å². The maximum atomic E-state index is 12.8. The first-order valence-corrected chi connectivity index (χ1v) is 13.0. The lowest BCUT2D eigenvalue weighted by Gasteiger charge is -2.23. The van der Waals surface area contributed by atoms with E-state index in [1.807, 2.05) is 48.5 Å². The molecule has 0 bridgehead atoms. The summed E-state index contributed by atoms with van der Waals surface area (Å²) in [5.41, 5.74) is 3.41. The summed E-state index contributed by atoms with van der Waals surface area (Å²) >= 11 is 0. The number of non-ortho nitro benzene ring substituents is 1. The highest BCUT2D eigenvalue weighted by Crippen LogP contribution is 2.44. The molecule has 11 nitrogen and oxygen atoms in total. The number of carbonyl (C=O) groups is 3. The molecule has 3 aromatic rings. The van der Waals surface area contributed by atoms with E-state index in [4.69, 9.17) is 14.2 Å². The van der Waals surface area contributed by atoms with Crippen LogP contribution in [0.5, 0.6) is 5.75 Å². The second-order valence-corrected chi connectivity index (χ2v) is 10.5. The summed E-state index contributed by atoms with van der Waals surface area (Å²) in [4.78, 5) is 47.9. The van der Waals surface area contributed by atoms with Gasteiger partial charge in [-0.3, -0.25) is 14.9 Å². The minimum absolute atomic E-state index is 0.0780. The Hall–Kier alpha value is -4.93. The molecule has 0 aliphatic heterocycles. The molecule has 3 aromatic carbocycles. The minimum Gasteiger partial charge on any atom is -0.460 e. The van der Waals surface area contributed by atoms with E-state index in [2.05, 4.69) is 10.6 Å². The summed E-state index contributed by atoms with van der Waals surface area (Å²) < 4.78 is 16.1. The second kappa shape index (κ2) is 12.5. The van der Waals surface area contributed by atoms with Gasteiger partial charge in [0.2, 0.25) is 0 Å². The van der Waals surface area contributed by atoms with E-state index in [1.165, 1.54) is 24.3 Å². The van der Waals surface area contributed by atoms with E-state index in [0.29, 0.717) is 0 Å². The van der Waals surface area contributed by atoms with Crippen LogP contribution in [0.2, 0.25) is 0 Å². The molecule has 0 unspecified atom stereocenters. The van der Waals surface area contributed by atoms with Crippen LogP contribution in [0.3, 0.4) is 0 Å². The summed E-state index contributed by atoms with van der Waals surface area (Å²) in [6, 6.07) is 20.0. The molecule has 1 aliphatic rings. The van der Waals surface area contributed by atoms with Gasteiger partial charge in [0, 0.05) is 24.6 Å². The number of rotatable bonds is 9. The van der Waals surface area contributed by atoms with Crippen molar-refractivity contribution in [1.82, 2.24) is 10.6 Å². The monoisotopic (exact) mass is 561 g/mol. The third-order valence-corrected chi connectivity index (χ3v) is 6.25. The SMILES string of the molecule is CC(C)(C)OC(=O)C[C@@H](CNC(=O)Oc1ccc([N+](=O)[O-])cc1)NC(=O)OCC1c2ccccc2-c2ccccc21. The van der Waals surface area contributed by atoms with Crippen molar-refractivity contribution < 1.29 is 33.5 Å². The van der Waals surface area contributed by atoms with Crippen molar-refractivity contribution in [2.45, 2.75) is 44.8 Å². The van der Waals surface area contributed by atoms with Gasteiger partial charge in [0.25, 0.3) is 5.69 Å². The summed E-state index contributed by atoms with van der Waals surface area (Å²) in [7, 11) is 0. The normalized spacial score (nSPS) is 12.9. The molecule has 1 atom stereocenters. The van der Waals surface area contributed by atoms with Crippen molar-refractivity contribution in [3.8, 4) is 16.9 Å². The zero-order chi connectivity index (χ0) is 29.6. The number of alkyl carbamates (subject to hydrolysis) is 1. The number of fused-ring (bicyclic) bond motifs is 3. The van der Waals surface area contributed by atoms with E-state index in [0.717, 1.165) is 22.3 Å². The van der Waals surface area contributed by atoms with Crippen LogP contribution in [-0.4, -0.2) is 47.9 Å². The van der Waals surface area contributed by atoms with E-state index >= 15 is 0 Å². The number of nitro groups is 1. The Balaban J connectivity index is 1.37. The Bertz CT molecular complexity index is 1390. The van der Waals surface area contributed by atoms with Gasteiger partial charge in [0.1, 0.15) is 18.0 Å². The average molecular weight is 562 g/mol. The Morgan fingerprint density at radius 1 is 0.902 bits per heavy atom. The van der Waals surface area contributed by atoms with Crippen molar-refractivity contribution >= 4 is 23.8 Å².